The number of aryl methyl sites for hydroxylation is 1. The Balaban J connectivity index is 1.68. The summed E-state index contributed by atoms with van der Waals surface area (Å²) in [6, 6.07) is 17.4. The van der Waals surface area contributed by atoms with E-state index in [-0.39, 0.29) is 24.5 Å². The molecular weight excluding hydrogens is 388 g/mol. The zero-order valence-electron chi connectivity index (χ0n) is 18.7. The van der Waals surface area contributed by atoms with Crippen molar-refractivity contribution in [1.29, 1.82) is 0 Å². The Morgan fingerprint density at radius 1 is 1.06 bits per heavy atom. The lowest BCUT2D eigenvalue weighted by Gasteiger charge is -2.31. The molecule has 166 valence electrons. The highest BCUT2D eigenvalue weighted by Gasteiger charge is 2.30. The molecule has 1 unspecified atom stereocenters. The molecule has 2 amide bonds. The Bertz CT molecular complexity index is 829. The van der Waals surface area contributed by atoms with Gasteiger partial charge in [0.25, 0.3) is 5.91 Å². The zero-order valence-corrected chi connectivity index (χ0v) is 18.7. The van der Waals surface area contributed by atoms with E-state index in [1.165, 1.54) is 0 Å². The number of carbonyl (C=O) groups excluding carboxylic acids is 2. The summed E-state index contributed by atoms with van der Waals surface area (Å²) in [6.45, 7) is 4.37. The number of rotatable bonds is 10. The first kappa shape index (κ1) is 22.9. The van der Waals surface area contributed by atoms with Crippen molar-refractivity contribution in [2.75, 3.05) is 13.2 Å². The van der Waals surface area contributed by atoms with E-state index in [1.807, 2.05) is 68.4 Å². The average molecular weight is 423 g/mol. The maximum atomic E-state index is 13.2. The molecule has 1 aliphatic carbocycles. The monoisotopic (exact) mass is 422 g/mol. The van der Waals surface area contributed by atoms with Crippen LogP contribution in [0.3, 0.4) is 0 Å². The van der Waals surface area contributed by atoms with Crippen molar-refractivity contribution < 1.29 is 14.3 Å². The molecule has 1 atom stereocenters. The van der Waals surface area contributed by atoms with Gasteiger partial charge in [-0.05, 0) is 50.3 Å². The number of benzene rings is 2. The van der Waals surface area contributed by atoms with Gasteiger partial charge in [0.1, 0.15) is 11.8 Å². The number of hydrogen-bond acceptors (Lipinski definition) is 3. The summed E-state index contributed by atoms with van der Waals surface area (Å²) in [5, 5.41) is 3.17. The van der Waals surface area contributed by atoms with Crippen molar-refractivity contribution in [3.8, 4) is 5.75 Å². The van der Waals surface area contributed by atoms with E-state index in [2.05, 4.69) is 5.32 Å². The van der Waals surface area contributed by atoms with Crippen LogP contribution < -0.4 is 10.1 Å². The maximum Gasteiger partial charge on any atom is 0.261 e. The third-order valence-electron chi connectivity index (χ3n) is 5.95. The Hall–Kier alpha value is -2.82. The van der Waals surface area contributed by atoms with Gasteiger partial charge in [0.2, 0.25) is 5.91 Å². The Morgan fingerprint density at radius 2 is 1.74 bits per heavy atom. The molecule has 2 aromatic carbocycles. The lowest BCUT2D eigenvalue weighted by Crippen LogP contribution is -2.52. The third-order valence-corrected chi connectivity index (χ3v) is 5.95. The summed E-state index contributed by atoms with van der Waals surface area (Å²) >= 11 is 0. The minimum absolute atomic E-state index is 0.0499. The molecule has 0 spiro atoms. The molecule has 0 heterocycles. The lowest BCUT2D eigenvalue weighted by molar-refractivity contribution is -0.142. The number of carbonyl (C=O) groups is 2. The summed E-state index contributed by atoms with van der Waals surface area (Å²) in [4.78, 5) is 27.9. The summed E-state index contributed by atoms with van der Waals surface area (Å²) in [7, 11) is 0. The number of nitrogens with one attached hydrogen (secondary N) is 1. The quantitative estimate of drug-likeness (QED) is 0.622. The number of hydrogen-bond donors (Lipinski definition) is 1. The smallest absolute Gasteiger partial charge is 0.261 e. The molecule has 2 aromatic rings. The van der Waals surface area contributed by atoms with Crippen LogP contribution in [0.1, 0.15) is 50.2 Å². The zero-order chi connectivity index (χ0) is 22.1. The fourth-order valence-corrected chi connectivity index (χ4v) is 4.13. The standard InChI is InChI=1S/C26H34N2O3/c1-3-24(26(30)27-22-11-7-8-12-22)28(18-17-21-9-5-4-6-10-21)25(29)19-31-23-15-13-20(2)14-16-23/h4-6,9-10,13-16,22,24H,3,7-8,11-12,17-19H2,1-2H3,(H,27,30). The Morgan fingerprint density at radius 3 is 2.39 bits per heavy atom. The molecule has 1 aliphatic rings. The van der Waals surface area contributed by atoms with Gasteiger partial charge in [-0.15, -0.1) is 0 Å². The van der Waals surface area contributed by atoms with Crippen molar-refractivity contribution in [2.45, 2.75) is 64.5 Å². The molecule has 1 fully saturated rings. The second kappa shape index (κ2) is 11.5. The molecule has 0 aliphatic heterocycles. The van der Waals surface area contributed by atoms with Crippen LogP contribution in [0.2, 0.25) is 0 Å². The van der Waals surface area contributed by atoms with Crippen LogP contribution in [0, 0.1) is 6.92 Å². The topological polar surface area (TPSA) is 58.6 Å². The first-order valence-corrected chi connectivity index (χ1v) is 11.4. The van der Waals surface area contributed by atoms with Gasteiger partial charge in [-0.2, -0.15) is 0 Å². The van der Waals surface area contributed by atoms with Crippen LogP contribution in [0.5, 0.6) is 5.75 Å². The van der Waals surface area contributed by atoms with E-state index in [1.54, 1.807) is 4.90 Å². The first-order valence-electron chi connectivity index (χ1n) is 11.4. The van der Waals surface area contributed by atoms with E-state index in [0.717, 1.165) is 36.8 Å². The van der Waals surface area contributed by atoms with Crippen LogP contribution in [-0.4, -0.2) is 41.9 Å². The van der Waals surface area contributed by atoms with Gasteiger partial charge in [-0.1, -0.05) is 67.8 Å². The van der Waals surface area contributed by atoms with Crippen LogP contribution >= 0.6 is 0 Å². The van der Waals surface area contributed by atoms with Crippen molar-refractivity contribution in [2.24, 2.45) is 0 Å². The van der Waals surface area contributed by atoms with Crippen LogP contribution in [-0.2, 0) is 16.0 Å². The highest BCUT2D eigenvalue weighted by molar-refractivity contribution is 5.88. The van der Waals surface area contributed by atoms with E-state index in [0.29, 0.717) is 25.1 Å². The fraction of sp³-hybridized carbons (Fsp3) is 0.462. The number of amides is 2. The average Bonchev–Trinajstić information content (AvgIpc) is 3.29. The van der Waals surface area contributed by atoms with Gasteiger partial charge >= 0.3 is 0 Å². The molecule has 0 aromatic heterocycles. The van der Waals surface area contributed by atoms with Crippen molar-refractivity contribution in [3.63, 3.8) is 0 Å². The molecule has 0 radical (unpaired) electrons. The predicted molar refractivity (Wildman–Crippen MR) is 123 cm³/mol. The molecular formula is C26H34N2O3. The number of nitrogens with zero attached hydrogens (tertiary/aromatic N) is 1. The van der Waals surface area contributed by atoms with Gasteiger partial charge in [0.05, 0.1) is 0 Å². The summed E-state index contributed by atoms with van der Waals surface area (Å²) < 4.78 is 5.74. The molecule has 3 rings (SSSR count). The largest absolute Gasteiger partial charge is 0.484 e. The van der Waals surface area contributed by atoms with Gasteiger partial charge in [0.15, 0.2) is 6.61 Å². The van der Waals surface area contributed by atoms with Crippen molar-refractivity contribution in [1.82, 2.24) is 10.2 Å². The fourth-order valence-electron chi connectivity index (χ4n) is 4.13. The summed E-state index contributed by atoms with van der Waals surface area (Å²) in [5.41, 5.74) is 2.28. The van der Waals surface area contributed by atoms with E-state index in [4.69, 9.17) is 4.74 Å². The van der Waals surface area contributed by atoms with Crippen LogP contribution in [0.25, 0.3) is 0 Å². The van der Waals surface area contributed by atoms with E-state index >= 15 is 0 Å². The first-order chi connectivity index (χ1) is 15.1. The van der Waals surface area contributed by atoms with Crippen molar-refractivity contribution >= 4 is 11.8 Å². The molecule has 0 bridgehead atoms. The maximum absolute atomic E-state index is 13.2. The predicted octanol–water partition coefficient (Wildman–Crippen LogP) is 4.28. The molecule has 0 saturated heterocycles. The van der Waals surface area contributed by atoms with Crippen LogP contribution in [0.15, 0.2) is 54.6 Å². The molecule has 1 N–H and O–H groups in total. The second-order valence-corrected chi connectivity index (χ2v) is 8.34. The minimum atomic E-state index is -0.488. The Kier molecular flexibility index (Phi) is 8.51. The van der Waals surface area contributed by atoms with E-state index in [9.17, 15) is 9.59 Å². The SMILES string of the molecule is CCC(C(=O)NC1CCCC1)N(CCc1ccccc1)C(=O)COc1ccc(C)cc1. The van der Waals surface area contributed by atoms with E-state index < -0.39 is 6.04 Å². The minimum Gasteiger partial charge on any atom is -0.484 e. The van der Waals surface area contributed by atoms with Crippen molar-refractivity contribution in [3.05, 3.63) is 65.7 Å². The summed E-state index contributed by atoms with van der Waals surface area (Å²) in [6.07, 6.45) is 5.63. The lowest BCUT2D eigenvalue weighted by atomic mass is 10.1. The summed E-state index contributed by atoms with van der Waals surface area (Å²) in [5.74, 6) is 0.446. The van der Waals surface area contributed by atoms with Gasteiger partial charge in [-0.3, -0.25) is 9.59 Å². The van der Waals surface area contributed by atoms with Gasteiger partial charge in [0, 0.05) is 12.6 Å². The normalized spacial score (nSPS) is 14.8. The highest BCUT2D eigenvalue weighted by Crippen LogP contribution is 2.19. The molecule has 31 heavy (non-hydrogen) atoms. The van der Waals surface area contributed by atoms with Gasteiger partial charge < -0.3 is 15.0 Å². The molecule has 1 saturated carbocycles. The van der Waals surface area contributed by atoms with Crippen LogP contribution in [0.4, 0.5) is 0 Å². The third kappa shape index (κ3) is 6.84. The molecule has 5 heteroatoms. The van der Waals surface area contributed by atoms with Gasteiger partial charge in [-0.25, -0.2) is 0 Å². The molecule has 5 nitrogen and oxygen atoms in total. The second-order valence-electron chi connectivity index (χ2n) is 8.34. The number of ether oxygens (including phenoxy) is 1. The Labute approximate surface area is 185 Å². The highest BCUT2D eigenvalue weighted by atomic mass is 16.5.